The fourth-order valence-corrected chi connectivity index (χ4v) is 0.321. The van der Waals surface area contributed by atoms with Crippen LogP contribution in [0.25, 0.3) is 0 Å². The zero-order valence-corrected chi connectivity index (χ0v) is 5.05. The number of ether oxygens (including phenoxy) is 1. The van der Waals surface area contributed by atoms with E-state index in [0.29, 0.717) is 6.61 Å². The van der Waals surface area contributed by atoms with Crippen molar-refractivity contribution >= 4 is 5.97 Å². The van der Waals surface area contributed by atoms with E-state index in [4.69, 9.17) is 9.84 Å². The summed E-state index contributed by atoms with van der Waals surface area (Å²) in [5.41, 5.74) is 0. The molecule has 0 aliphatic heterocycles. The molecule has 3 heteroatoms. The van der Waals surface area contributed by atoms with Crippen LogP contribution in [0.4, 0.5) is 0 Å². The van der Waals surface area contributed by atoms with Crippen LogP contribution in [0, 0.1) is 0 Å². The van der Waals surface area contributed by atoms with Gasteiger partial charge in [0.1, 0.15) is 0 Å². The molecule has 64 valence electrons. The number of carboxylic acids is 1. The molecule has 1 unspecified atom stereocenters. The zero-order chi connectivity index (χ0) is 6.57. The van der Waals surface area contributed by atoms with Crippen LogP contribution in [-0.2, 0) is 9.53 Å². The first kappa shape index (κ1) is 16.2. The molecule has 0 spiro atoms. The van der Waals surface area contributed by atoms with Crippen LogP contribution < -0.4 is 0 Å². The Hall–Kier alpha value is -0.570. The molecule has 0 aliphatic carbocycles. The molecule has 0 heterocycles. The Kier molecular flexibility index (Phi) is 13.7. The maximum absolute atomic E-state index is 9.96. The van der Waals surface area contributed by atoms with Crippen LogP contribution in [0.5, 0.6) is 0 Å². The molecule has 0 rings (SSSR count). The van der Waals surface area contributed by atoms with Crippen molar-refractivity contribution in [2.75, 3.05) is 6.61 Å². The van der Waals surface area contributed by atoms with Crippen molar-refractivity contribution < 1.29 is 14.6 Å². The summed E-state index contributed by atoms with van der Waals surface area (Å²) in [5.74, 6) is -0.910. The summed E-state index contributed by atoms with van der Waals surface area (Å²) >= 11 is 0. The van der Waals surface area contributed by atoms with Gasteiger partial charge in [-0.1, -0.05) is 14.9 Å². The molecule has 0 aromatic rings. The SMILES string of the molecule is C.C.CCOC(C)C(=O)O. The number of carbonyl (C=O) groups is 1. The monoisotopic (exact) mass is 150 g/mol. The highest BCUT2D eigenvalue weighted by Crippen LogP contribution is 1.87. The maximum Gasteiger partial charge on any atom is 0.332 e. The van der Waals surface area contributed by atoms with Crippen LogP contribution in [0.3, 0.4) is 0 Å². The maximum atomic E-state index is 9.96. The molecule has 0 amide bonds. The number of carboxylic acid groups (broad SMARTS) is 1. The smallest absolute Gasteiger partial charge is 0.332 e. The van der Waals surface area contributed by atoms with E-state index in [0.717, 1.165) is 0 Å². The molecule has 3 nitrogen and oxygen atoms in total. The van der Waals surface area contributed by atoms with E-state index in [9.17, 15) is 4.79 Å². The lowest BCUT2D eigenvalue weighted by Gasteiger charge is -2.03. The van der Waals surface area contributed by atoms with Gasteiger partial charge >= 0.3 is 5.97 Å². The summed E-state index contributed by atoms with van der Waals surface area (Å²) in [6.45, 7) is 3.72. The van der Waals surface area contributed by atoms with Crippen LogP contribution >= 0.6 is 0 Å². The molecule has 10 heavy (non-hydrogen) atoms. The van der Waals surface area contributed by atoms with Crippen molar-refractivity contribution in [1.82, 2.24) is 0 Å². The van der Waals surface area contributed by atoms with Gasteiger partial charge in [0.15, 0.2) is 6.10 Å². The van der Waals surface area contributed by atoms with Crippen molar-refractivity contribution in [3.8, 4) is 0 Å². The average molecular weight is 150 g/mol. The third-order valence-corrected chi connectivity index (χ3v) is 0.764. The summed E-state index contributed by atoms with van der Waals surface area (Å²) in [6, 6.07) is 0. The van der Waals surface area contributed by atoms with Gasteiger partial charge in [-0.15, -0.1) is 0 Å². The van der Waals surface area contributed by atoms with Gasteiger partial charge in [-0.2, -0.15) is 0 Å². The molecule has 0 aliphatic rings. The molecule has 0 aromatic carbocycles. The molecule has 0 radical (unpaired) electrons. The molecule has 1 atom stereocenters. The van der Waals surface area contributed by atoms with Crippen molar-refractivity contribution in [2.45, 2.75) is 34.8 Å². The molecular formula is C7H18O3. The van der Waals surface area contributed by atoms with E-state index in [1.807, 2.05) is 0 Å². The van der Waals surface area contributed by atoms with Gasteiger partial charge in [-0.25, -0.2) is 4.79 Å². The van der Waals surface area contributed by atoms with Crippen molar-refractivity contribution in [3.05, 3.63) is 0 Å². The normalized spacial score (nSPS) is 10.6. The number of rotatable bonds is 3. The van der Waals surface area contributed by atoms with Gasteiger partial charge < -0.3 is 9.84 Å². The molecule has 0 saturated carbocycles. The second-order valence-electron chi connectivity index (χ2n) is 1.44. The van der Waals surface area contributed by atoms with Crippen molar-refractivity contribution in [2.24, 2.45) is 0 Å². The quantitative estimate of drug-likeness (QED) is 0.667. The summed E-state index contributed by atoms with van der Waals surface area (Å²) in [7, 11) is 0. The summed E-state index contributed by atoms with van der Waals surface area (Å²) in [4.78, 5) is 9.96. The second kappa shape index (κ2) is 8.43. The number of hydrogen-bond acceptors (Lipinski definition) is 2. The van der Waals surface area contributed by atoms with Gasteiger partial charge in [0.05, 0.1) is 0 Å². The minimum atomic E-state index is -0.910. The van der Waals surface area contributed by atoms with Gasteiger partial charge in [0.25, 0.3) is 0 Å². The minimum Gasteiger partial charge on any atom is -0.479 e. The second-order valence-corrected chi connectivity index (χ2v) is 1.44. The largest absolute Gasteiger partial charge is 0.479 e. The van der Waals surface area contributed by atoms with E-state index < -0.39 is 12.1 Å². The highest BCUT2D eigenvalue weighted by Gasteiger charge is 2.07. The predicted octanol–water partition coefficient (Wildman–Crippen LogP) is 1.77. The third kappa shape index (κ3) is 7.43. The average Bonchev–Trinajstić information content (AvgIpc) is 1.67. The van der Waals surface area contributed by atoms with E-state index in [2.05, 4.69) is 0 Å². The van der Waals surface area contributed by atoms with E-state index in [-0.39, 0.29) is 14.9 Å². The van der Waals surface area contributed by atoms with Crippen LogP contribution in [0.1, 0.15) is 28.7 Å². The number of hydrogen-bond donors (Lipinski definition) is 1. The van der Waals surface area contributed by atoms with Gasteiger partial charge in [0.2, 0.25) is 0 Å². The molecule has 0 saturated heterocycles. The summed E-state index contributed by atoms with van der Waals surface area (Å²) in [5, 5.41) is 8.19. The van der Waals surface area contributed by atoms with Crippen LogP contribution in [0.15, 0.2) is 0 Å². The van der Waals surface area contributed by atoms with Crippen LogP contribution in [-0.4, -0.2) is 23.8 Å². The molecule has 0 bridgehead atoms. The zero-order valence-electron chi connectivity index (χ0n) is 5.05. The lowest BCUT2D eigenvalue weighted by atomic mass is 10.4. The Morgan fingerprint density at radius 2 is 2.00 bits per heavy atom. The fraction of sp³-hybridized carbons (Fsp3) is 0.857. The van der Waals surface area contributed by atoms with E-state index in [1.54, 1.807) is 6.92 Å². The molecule has 0 fully saturated rings. The highest BCUT2D eigenvalue weighted by atomic mass is 16.5. The van der Waals surface area contributed by atoms with Gasteiger partial charge in [-0.05, 0) is 13.8 Å². The van der Waals surface area contributed by atoms with E-state index >= 15 is 0 Å². The third-order valence-electron chi connectivity index (χ3n) is 0.764. The number of aliphatic carboxylic acids is 1. The Bertz CT molecular complexity index is 80.9. The predicted molar refractivity (Wildman–Crippen MR) is 42.2 cm³/mol. The standard InChI is InChI=1S/C5H10O3.2CH4/c1-3-8-4(2)5(6)7;;/h4H,3H2,1-2H3,(H,6,7);2*1H4. The Morgan fingerprint density at radius 3 is 2.10 bits per heavy atom. The molecule has 0 aromatic heterocycles. The van der Waals surface area contributed by atoms with Crippen molar-refractivity contribution in [1.29, 1.82) is 0 Å². The topological polar surface area (TPSA) is 46.5 Å². The first-order valence-corrected chi connectivity index (χ1v) is 2.53. The molecule has 1 N–H and O–H groups in total. The summed E-state index contributed by atoms with van der Waals surface area (Å²) < 4.78 is 4.70. The van der Waals surface area contributed by atoms with Crippen LogP contribution in [0.2, 0.25) is 0 Å². The summed E-state index contributed by atoms with van der Waals surface area (Å²) in [6.07, 6.45) is -0.667. The van der Waals surface area contributed by atoms with Gasteiger partial charge in [0, 0.05) is 6.61 Å². The van der Waals surface area contributed by atoms with Gasteiger partial charge in [-0.3, -0.25) is 0 Å². The Labute approximate surface area is 63.0 Å². The minimum absolute atomic E-state index is 0. The molecular weight excluding hydrogens is 132 g/mol. The fourth-order valence-electron chi connectivity index (χ4n) is 0.321. The lowest BCUT2D eigenvalue weighted by molar-refractivity contribution is -0.148. The Morgan fingerprint density at radius 1 is 1.60 bits per heavy atom. The highest BCUT2D eigenvalue weighted by molar-refractivity contribution is 5.71. The van der Waals surface area contributed by atoms with E-state index in [1.165, 1.54) is 6.92 Å². The lowest BCUT2D eigenvalue weighted by Crippen LogP contribution is -2.19. The first-order chi connectivity index (χ1) is 3.68. The first-order valence-electron chi connectivity index (χ1n) is 2.53. The van der Waals surface area contributed by atoms with Crippen molar-refractivity contribution in [3.63, 3.8) is 0 Å². The Balaban J connectivity index is -0.000000245.